The lowest BCUT2D eigenvalue weighted by Crippen LogP contribution is -2.08. The fraction of sp³-hybridized carbons (Fsp3) is 0.158. The van der Waals surface area contributed by atoms with Gasteiger partial charge in [-0.1, -0.05) is 6.07 Å². The molecule has 2 aromatic rings. The second-order valence-electron chi connectivity index (χ2n) is 5.70. The summed E-state index contributed by atoms with van der Waals surface area (Å²) in [6, 6.07) is 7.95. The van der Waals surface area contributed by atoms with Crippen LogP contribution < -0.4 is 9.47 Å². The number of carbonyl (C=O) groups is 1. The van der Waals surface area contributed by atoms with E-state index >= 15 is 0 Å². The first-order chi connectivity index (χ1) is 13.7. The maximum Gasteiger partial charge on any atom is 0.416 e. The van der Waals surface area contributed by atoms with Crippen molar-refractivity contribution in [1.29, 1.82) is 0 Å². The maximum absolute atomic E-state index is 12.6. The molecule has 2 aromatic carbocycles. The predicted octanol–water partition coefficient (Wildman–Crippen LogP) is 4.66. The van der Waals surface area contributed by atoms with Crippen molar-refractivity contribution in [2.24, 2.45) is 4.99 Å². The molecule has 0 radical (unpaired) electrons. The lowest BCUT2D eigenvalue weighted by Gasteiger charge is -2.10. The SMILES string of the molecule is COc1cc(C=C2N=C(c3ccc(C(F)(F)F)cc3)OC2=O)ccc1OC(F)F. The van der Waals surface area contributed by atoms with Crippen LogP contribution in [0.2, 0.25) is 0 Å². The van der Waals surface area contributed by atoms with E-state index in [-0.39, 0.29) is 28.7 Å². The van der Waals surface area contributed by atoms with Crippen LogP contribution in [0.15, 0.2) is 53.2 Å². The van der Waals surface area contributed by atoms with E-state index in [0.29, 0.717) is 5.56 Å². The fourth-order valence-corrected chi connectivity index (χ4v) is 2.46. The predicted molar refractivity (Wildman–Crippen MR) is 91.7 cm³/mol. The molecule has 29 heavy (non-hydrogen) atoms. The number of esters is 1. The summed E-state index contributed by atoms with van der Waals surface area (Å²) in [6.07, 6.45) is -3.18. The number of carbonyl (C=O) groups excluding carboxylic acids is 1. The minimum Gasteiger partial charge on any atom is -0.493 e. The standard InChI is InChI=1S/C19H12F5NO4/c1-27-15-9-10(2-7-14(15)28-18(20)21)8-13-17(26)29-16(25-13)11-3-5-12(6-4-11)19(22,23)24/h2-9,18H,1H3. The molecule has 0 bridgehead atoms. The lowest BCUT2D eigenvalue weighted by molar-refractivity contribution is -0.137. The Balaban J connectivity index is 1.87. The van der Waals surface area contributed by atoms with Crippen molar-refractivity contribution >= 4 is 17.9 Å². The molecule has 0 unspecified atom stereocenters. The van der Waals surface area contributed by atoms with Gasteiger partial charge in [0.05, 0.1) is 12.7 Å². The smallest absolute Gasteiger partial charge is 0.416 e. The van der Waals surface area contributed by atoms with Crippen molar-refractivity contribution in [1.82, 2.24) is 0 Å². The number of halogens is 5. The third-order valence-corrected chi connectivity index (χ3v) is 3.79. The molecule has 0 saturated carbocycles. The van der Waals surface area contributed by atoms with E-state index in [1.165, 1.54) is 31.4 Å². The van der Waals surface area contributed by atoms with Gasteiger partial charge in [0, 0.05) is 5.56 Å². The van der Waals surface area contributed by atoms with Crippen LogP contribution in [0.25, 0.3) is 6.08 Å². The van der Waals surface area contributed by atoms with Gasteiger partial charge < -0.3 is 14.2 Å². The van der Waals surface area contributed by atoms with Crippen LogP contribution in [0.4, 0.5) is 22.0 Å². The molecule has 0 aliphatic carbocycles. The summed E-state index contributed by atoms with van der Waals surface area (Å²) in [4.78, 5) is 16.0. The Morgan fingerprint density at radius 1 is 1.07 bits per heavy atom. The molecular weight excluding hydrogens is 401 g/mol. The first kappa shape index (κ1) is 20.3. The molecule has 3 rings (SSSR count). The minimum atomic E-state index is -4.49. The third-order valence-electron chi connectivity index (χ3n) is 3.79. The molecule has 1 aliphatic rings. The molecule has 0 atom stereocenters. The Morgan fingerprint density at radius 3 is 2.34 bits per heavy atom. The normalized spacial score (nSPS) is 15.5. The molecule has 0 N–H and O–H groups in total. The highest BCUT2D eigenvalue weighted by molar-refractivity contribution is 6.12. The van der Waals surface area contributed by atoms with E-state index in [9.17, 15) is 26.7 Å². The van der Waals surface area contributed by atoms with Crippen LogP contribution in [-0.2, 0) is 15.7 Å². The number of nitrogens with zero attached hydrogens (tertiary/aromatic N) is 1. The summed E-state index contributed by atoms with van der Waals surface area (Å²) in [5.74, 6) is -1.14. The van der Waals surface area contributed by atoms with Crippen LogP contribution in [0.3, 0.4) is 0 Å². The van der Waals surface area contributed by atoms with Gasteiger partial charge in [-0.2, -0.15) is 22.0 Å². The summed E-state index contributed by atoms with van der Waals surface area (Å²) in [5, 5.41) is 0. The molecule has 0 spiro atoms. The summed E-state index contributed by atoms with van der Waals surface area (Å²) in [6.45, 7) is -3.03. The Bertz CT molecular complexity index is 981. The Labute approximate surface area is 161 Å². The number of hydrogen-bond donors (Lipinski definition) is 0. The summed E-state index contributed by atoms with van der Waals surface area (Å²) >= 11 is 0. The Morgan fingerprint density at radius 2 is 1.76 bits per heavy atom. The van der Waals surface area contributed by atoms with E-state index in [2.05, 4.69) is 9.73 Å². The van der Waals surface area contributed by atoms with Gasteiger partial charge in [-0.05, 0) is 48.0 Å². The number of ether oxygens (including phenoxy) is 3. The van der Waals surface area contributed by atoms with Gasteiger partial charge in [-0.3, -0.25) is 0 Å². The zero-order chi connectivity index (χ0) is 21.2. The minimum absolute atomic E-state index is 0.0120. The topological polar surface area (TPSA) is 57.1 Å². The monoisotopic (exact) mass is 413 g/mol. The second kappa shape index (κ2) is 7.90. The number of alkyl halides is 5. The van der Waals surface area contributed by atoms with Gasteiger partial charge in [-0.15, -0.1) is 0 Å². The molecule has 0 saturated heterocycles. The quantitative estimate of drug-likeness (QED) is 0.407. The first-order valence-corrected chi connectivity index (χ1v) is 8.00. The number of hydrogen-bond acceptors (Lipinski definition) is 5. The van der Waals surface area contributed by atoms with Gasteiger partial charge >= 0.3 is 18.8 Å². The van der Waals surface area contributed by atoms with E-state index in [0.717, 1.165) is 24.3 Å². The van der Waals surface area contributed by atoms with Crippen molar-refractivity contribution in [2.45, 2.75) is 12.8 Å². The molecule has 0 aromatic heterocycles. The van der Waals surface area contributed by atoms with Crippen molar-refractivity contribution in [2.75, 3.05) is 7.11 Å². The van der Waals surface area contributed by atoms with Gasteiger partial charge in [0.1, 0.15) is 0 Å². The summed E-state index contributed by atoms with van der Waals surface area (Å²) in [7, 11) is 1.26. The Hall–Kier alpha value is -3.43. The number of methoxy groups -OCH3 is 1. The van der Waals surface area contributed by atoms with Crippen molar-refractivity contribution < 1.29 is 41.0 Å². The maximum atomic E-state index is 12.6. The second-order valence-corrected chi connectivity index (χ2v) is 5.70. The van der Waals surface area contributed by atoms with Crippen LogP contribution in [0, 0.1) is 0 Å². The van der Waals surface area contributed by atoms with Crippen LogP contribution >= 0.6 is 0 Å². The average Bonchev–Trinajstić information content (AvgIpc) is 3.02. The first-order valence-electron chi connectivity index (χ1n) is 8.00. The molecule has 0 fully saturated rings. The van der Waals surface area contributed by atoms with Crippen LogP contribution in [0.5, 0.6) is 11.5 Å². The van der Waals surface area contributed by atoms with Crippen LogP contribution in [-0.4, -0.2) is 25.6 Å². The molecular formula is C19H12F5NO4. The zero-order valence-corrected chi connectivity index (χ0v) is 14.7. The van der Waals surface area contributed by atoms with E-state index in [4.69, 9.17) is 9.47 Å². The number of benzene rings is 2. The van der Waals surface area contributed by atoms with Crippen molar-refractivity contribution in [3.63, 3.8) is 0 Å². The highest BCUT2D eigenvalue weighted by Crippen LogP contribution is 2.32. The molecule has 5 nitrogen and oxygen atoms in total. The molecule has 152 valence electrons. The fourth-order valence-electron chi connectivity index (χ4n) is 2.46. The van der Waals surface area contributed by atoms with Crippen LogP contribution in [0.1, 0.15) is 16.7 Å². The van der Waals surface area contributed by atoms with Gasteiger partial charge in [0.2, 0.25) is 5.90 Å². The van der Waals surface area contributed by atoms with E-state index in [1.54, 1.807) is 0 Å². The number of aliphatic imine (C=N–C) groups is 1. The summed E-state index contributed by atoms with van der Waals surface area (Å²) < 4.78 is 77.0. The van der Waals surface area contributed by atoms with Gasteiger partial charge in [0.25, 0.3) is 0 Å². The largest absolute Gasteiger partial charge is 0.493 e. The summed E-state index contributed by atoms with van der Waals surface area (Å²) in [5.41, 5.74) is -0.398. The highest BCUT2D eigenvalue weighted by atomic mass is 19.4. The zero-order valence-electron chi connectivity index (χ0n) is 14.7. The number of rotatable bonds is 5. The number of cyclic esters (lactones) is 1. The van der Waals surface area contributed by atoms with Crippen molar-refractivity contribution in [3.8, 4) is 11.5 Å². The lowest BCUT2D eigenvalue weighted by atomic mass is 10.1. The molecule has 1 aliphatic heterocycles. The van der Waals surface area contributed by atoms with Gasteiger partial charge in [-0.25, -0.2) is 9.79 Å². The molecule has 1 heterocycles. The molecule has 0 amide bonds. The average molecular weight is 413 g/mol. The Kier molecular flexibility index (Phi) is 5.53. The highest BCUT2D eigenvalue weighted by Gasteiger charge is 2.31. The third kappa shape index (κ3) is 4.71. The van der Waals surface area contributed by atoms with E-state index < -0.39 is 24.3 Å². The van der Waals surface area contributed by atoms with Gasteiger partial charge in [0.15, 0.2) is 17.2 Å². The molecule has 10 heteroatoms. The van der Waals surface area contributed by atoms with Crippen molar-refractivity contribution in [3.05, 3.63) is 64.9 Å². The van der Waals surface area contributed by atoms with E-state index in [1.807, 2.05) is 0 Å².